The number of anilines is 2. The van der Waals surface area contributed by atoms with E-state index in [4.69, 9.17) is 10.5 Å². The Morgan fingerprint density at radius 2 is 1.95 bits per heavy atom. The lowest BCUT2D eigenvalue weighted by Gasteiger charge is -2.17. The maximum absolute atomic E-state index is 11.8. The topological polar surface area (TPSA) is 93.5 Å². The molecule has 0 heterocycles. The second-order valence-electron chi connectivity index (χ2n) is 6.11. The van der Waals surface area contributed by atoms with Gasteiger partial charge in [0.05, 0.1) is 12.8 Å². The van der Waals surface area contributed by atoms with Gasteiger partial charge in [-0.15, -0.1) is 0 Å². The molecule has 1 aromatic rings. The average Bonchev–Trinajstić information content (AvgIpc) is 2.42. The normalized spacial score (nSPS) is 10.9. The Labute approximate surface area is 131 Å². The van der Waals surface area contributed by atoms with Crippen LogP contribution < -0.4 is 21.1 Å². The molecule has 2 amide bonds. The molecule has 4 N–H and O–H groups in total. The van der Waals surface area contributed by atoms with Crippen molar-refractivity contribution in [1.29, 1.82) is 0 Å². The standard InChI is InChI=1S/C16H25N3O3/c1-16(2,3)15(21)18-9-5-6-14(20)19-11-7-8-13(22-4)12(17)10-11/h7-8,10H,5-6,9,17H2,1-4H3,(H,18,21)(H,19,20). The van der Waals surface area contributed by atoms with Crippen LogP contribution in [0.1, 0.15) is 33.6 Å². The van der Waals surface area contributed by atoms with E-state index in [2.05, 4.69) is 10.6 Å². The highest BCUT2D eigenvalue weighted by Gasteiger charge is 2.20. The number of carbonyl (C=O) groups is 2. The van der Waals surface area contributed by atoms with Crippen LogP contribution in [0.4, 0.5) is 11.4 Å². The van der Waals surface area contributed by atoms with Crippen LogP contribution >= 0.6 is 0 Å². The Balaban J connectivity index is 2.35. The van der Waals surface area contributed by atoms with Gasteiger partial charge in [-0.25, -0.2) is 0 Å². The fourth-order valence-corrected chi connectivity index (χ4v) is 1.75. The molecular weight excluding hydrogens is 282 g/mol. The van der Waals surface area contributed by atoms with E-state index in [-0.39, 0.29) is 11.8 Å². The molecule has 0 aliphatic heterocycles. The molecule has 0 atom stereocenters. The second kappa shape index (κ2) is 7.68. The van der Waals surface area contributed by atoms with Crippen molar-refractivity contribution in [3.63, 3.8) is 0 Å². The zero-order valence-electron chi connectivity index (χ0n) is 13.7. The first kappa shape index (κ1) is 17.8. The largest absolute Gasteiger partial charge is 0.495 e. The number of methoxy groups -OCH3 is 1. The van der Waals surface area contributed by atoms with Crippen LogP contribution in [0.25, 0.3) is 0 Å². The van der Waals surface area contributed by atoms with Gasteiger partial charge in [-0.3, -0.25) is 9.59 Å². The van der Waals surface area contributed by atoms with Gasteiger partial charge in [-0.05, 0) is 24.6 Å². The molecule has 1 aromatic carbocycles. The van der Waals surface area contributed by atoms with Crippen LogP contribution in [0, 0.1) is 5.41 Å². The van der Waals surface area contributed by atoms with Crippen molar-refractivity contribution in [2.75, 3.05) is 24.7 Å². The molecule has 0 aliphatic carbocycles. The molecule has 1 rings (SSSR count). The van der Waals surface area contributed by atoms with Crippen molar-refractivity contribution in [2.24, 2.45) is 5.41 Å². The molecular formula is C16H25N3O3. The van der Waals surface area contributed by atoms with E-state index in [0.29, 0.717) is 36.5 Å². The number of nitrogens with one attached hydrogen (secondary N) is 2. The lowest BCUT2D eigenvalue weighted by atomic mass is 9.96. The van der Waals surface area contributed by atoms with Gasteiger partial charge in [0.2, 0.25) is 11.8 Å². The summed E-state index contributed by atoms with van der Waals surface area (Å²) < 4.78 is 5.06. The Bertz CT molecular complexity index is 536. The highest BCUT2D eigenvalue weighted by atomic mass is 16.5. The fourth-order valence-electron chi connectivity index (χ4n) is 1.75. The second-order valence-corrected chi connectivity index (χ2v) is 6.11. The summed E-state index contributed by atoms with van der Waals surface area (Å²) in [5, 5.41) is 5.58. The van der Waals surface area contributed by atoms with Gasteiger partial charge in [0.25, 0.3) is 0 Å². The molecule has 0 fully saturated rings. The SMILES string of the molecule is COc1ccc(NC(=O)CCCNC(=O)C(C)(C)C)cc1N. The third-order valence-electron chi connectivity index (χ3n) is 3.06. The zero-order chi connectivity index (χ0) is 16.8. The summed E-state index contributed by atoms with van der Waals surface area (Å²) in [6.07, 6.45) is 0.912. The minimum Gasteiger partial charge on any atom is -0.495 e. The van der Waals surface area contributed by atoms with Gasteiger partial charge in [0, 0.05) is 24.1 Å². The van der Waals surface area contributed by atoms with Gasteiger partial charge in [0.15, 0.2) is 0 Å². The molecule has 0 aliphatic rings. The maximum Gasteiger partial charge on any atom is 0.225 e. The lowest BCUT2D eigenvalue weighted by molar-refractivity contribution is -0.128. The first-order valence-electron chi connectivity index (χ1n) is 7.25. The number of ether oxygens (including phenoxy) is 1. The molecule has 0 unspecified atom stereocenters. The van der Waals surface area contributed by atoms with Crippen molar-refractivity contribution in [3.8, 4) is 5.75 Å². The van der Waals surface area contributed by atoms with Crippen LogP contribution in [-0.2, 0) is 9.59 Å². The van der Waals surface area contributed by atoms with Gasteiger partial charge in [-0.1, -0.05) is 20.8 Å². The molecule has 0 saturated carbocycles. The van der Waals surface area contributed by atoms with Gasteiger partial charge in [-0.2, -0.15) is 0 Å². The highest BCUT2D eigenvalue weighted by Crippen LogP contribution is 2.24. The van der Waals surface area contributed by atoms with E-state index in [1.165, 1.54) is 7.11 Å². The van der Waals surface area contributed by atoms with Gasteiger partial charge >= 0.3 is 0 Å². The van der Waals surface area contributed by atoms with Crippen molar-refractivity contribution < 1.29 is 14.3 Å². The van der Waals surface area contributed by atoms with Crippen molar-refractivity contribution in [1.82, 2.24) is 5.32 Å². The number of carbonyl (C=O) groups excluding carboxylic acids is 2. The first-order chi connectivity index (χ1) is 10.2. The van der Waals surface area contributed by atoms with Crippen LogP contribution in [0.5, 0.6) is 5.75 Å². The van der Waals surface area contributed by atoms with E-state index in [1.54, 1.807) is 18.2 Å². The summed E-state index contributed by atoms with van der Waals surface area (Å²) in [5.41, 5.74) is 6.46. The molecule has 0 aromatic heterocycles. The number of nitrogens with two attached hydrogens (primary N) is 1. The number of amides is 2. The van der Waals surface area contributed by atoms with E-state index in [0.717, 1.165) is 0 Å². The smallest absolute Gasteiger partial charge is 0.225 e. The van der Waals surface area contributed by atoms with Crippen molar-refractivity contribution in [3.05, 3.63) is 18.2 Å². The summed E-state index contributed by atoms with van der Waals surface area (Å²) in [5.74, 6) is 0.438. The molecule has 22 heavy (non-hydrogen) atoms. The third kappa shape index (κ3) is 5.63. The number of rotatable bonds is 6. The van der Waals surface area contributed by atoms with Crippen LogP contribution in [0.15, 0.2) is 18.2 Å². The maximum atomic E-state index is 11.8. The number of nitrogen functional groups attached to an aromatic ring is 1. The first-order valence-corrected chi connectivity index (χ1v) is 7.25. The quantitative estimate of drug-likeness (QED) is 0.554. The van der Waals surface area contributed by atoms with Crippen molar-refractivity contribution in [2.45, 2.75) is 33.6 Å². The minimum atomic E-state index is -0.414. The van der Waals surface area contributed by atoms with Crippen molar-refractivity contribution >= 4 is 23.2 Å². The Kier molecular flexibility index (Phi) is 6.22. The Morgan fingerprint density at radius 3 is 2.50 bits per heavy atom. The lowest BCUT2D eigenvalue weighted by Crippen LogP contribution is -2.35. The molecule has 0 saturated heterocycles. The summed E-state index contributed by atoms with van der Waals surface area (Å²) in [6.45, 7) is 6.03. The Hall–Kier alpha value is -2.24. The zero-order valence-corrected chi connectivity index (χ0v) is 13.7. The minimum absolute atomic E-state index is 0.0177. The summed E-state index contributed by atoms with van der Waals surface area (Å²) >= 11 is 0. The molecule has 6 nitrogen and oxygen atoms in total. The van der Waals surface area contributed by atoms with Gasteiger partial charge < -0.3 is 21.1 Å². The molecule has 6 heteroatoms. The summed E-state index contributed by atoms with van der Waals surface area (Å²) in [6, 6.07) is 5.08. The summed E-state index contributed by atoms with van der Waals surface area (Å²) in [7, 11) is 1.54. The molecule has 0 bridgehead atoms. The van der Waals surface area contributed by atoms with E-state index >= 15 is 0 Å². The molecule has 0 radical (unpaired) electrons. The van der Waals surface area contributed by atoms with Gasteiger partial charge in [0.1, 0.15) is 5.75 Å². The predicted octanol–water partition coefficient (Wildman–Crippen LogP) is 2.16. The third-order valence-corrected chi connectivity index (χ3v) is 3.06. The van der Waals surface area contributed by atoms with E-state index in [9.17, 15) is 9.59 Å². The van der Waals surface area contributed by atoms with Crippen LogP contribution in [0.2, 0.25) is 0 Å². The average molecular weight is 307 g/mol. The highest BCUT2D eigenvalue weighted by molar-refractivity contribution is 5.91. The molecule has 0 spiro atoms. The van der Waals surface area contributed by atoms with Crippen LogP contribution in [0.3, 0.4) is 0 Å². The predicted molar refractivity (Wildman–Crippen MR) is 87.7 cm³/mol. The fraction of sp³-hybridized carbons (Fsp3) is 0.500. The monoisotopic (exact) mass is 307 g/mol. The number of hydrogen-bond acceptors (Lipinski definition) is 4. The number of hydrogen-bond donors (Lipinski definition) is 3. The van der Waals surface area contributed by atoms with E-state index in [1.807, 2.05) is 20.8 Å². The summed E-state index contributed by atoms with van der Waals surface area (Å²) in [4.78, 5) is 23.5. The number of benzene rings is 1. The van der Waals surface area contributed by atoms with Crippen LogP contribution in [-0.4, -0.2) is 25.5 Å². The Morgan fingerprint density at radius 1 is 1.27 bits per heavy atom. The van der Waals surface area contributed by atoms with E-state index < -0.39 is 5.41 Å². The molecule has 122 valence electrons.